The number of rotatable bonds is 4. The predicted octanol–water partition coefficient (Wildman–Crippen LogP) is 2.21. The zero-order chi connectivity index (χ0) is 18.0. The second kappa shape index (κ2) is 6.86. The number of carbonyl (C=O) groups excluding carboxylic acids is 2. The number of Topliss-reactive ketones (excluding diaryl/α,β-unsaturated/α-hetero) is 1. The maximum absolute atomic E-state index is 14.4. The number of ketones is 1. The van der Waals surface area contributed by atoms with Crippen molar-refractivity contribution in [3.8, 4) is 0 Å². The van der Waals surface area contributed by atoms with Crippen LogP contribution in [-0.2, 0) is 9.59 Å². The fraction of sp³-hybridized carbons (Fsp3) is 0.158. The van der Waals surface area contributed by atoms with Crippen molar-refractivity contribution in [3.63, 3.8) is 0 Å². The average molecular weight is 340 g/mol. The van der Waals surface area contributed by atoms with Crippen molar-refractivity contribution >= 4 is 17.4 Å². The number of aliphatic hydroxyl groups excluding tert-OH is 1. The number of amides is 1. The van der Waals surface area contributed by atoms with Gasteiger partial charge in [0, 0.05) is 24.2 Å². The van der Waals surface area contributed by atoms with E-state index in [1.54, 1.807) is 36.4 Å². The van der Waals surface area contributed by atoms with Gasteiger partial charge in [0.15, 0.2) is 0 Å². The third-order valence-electron chi connectivity index (χ3n) is 4.16. The molecule has 2 aromatic carbocycles. The molecule has 1 heterocycles. The molecule has 1 unspecified atom stereocenters. The summed E-state index contributed by atoms with van der Waals surface area (Å²) < 4.78 is 14.4. The van der Waals surface area contributed by atoms with Gasteiger partial charge in [0.05, 0.1) is 11.6 Å². The number of hydrogen-bond donors (Lipinski definition) is 2. The quantitative estimate of drug-likeness (QED) is 0.508. The summed E-state index contributed by atoms with van der Waals surface area (Å²) in [5.41, 5.74) is 5.95. The first-order valence-corrected chi connectivity index (χ1v) is 7.84. The molecule has 0 aromatic heterocycles. The van der Waals surface area contributed by atoms with E-state index in [4.69, 9.17) is 5.73 Å². The van der Waals surface area contributed by atoms with Crippen LogP contribution in [0.15, 0.2) is 60.2 Å². The lowest BCUT2D eigenvalue weighted by molar-refractivity contribution is -0.139. The van der Waals surface area contributed by atoms with E-state index < -0.39 is 23.5 Å². The maximum Gasteiger partial charge on any atom is 0.295 e. The summed E-state index contributed by atoms with van der Waals surface area (Å²) in [7, 11) is 0. The summed E-state index contributed by atoms with van der Waals surface area (Å²) in [6, 6.07) is 13.3. The Morgan fingerprint density at radius 1 is 1.08 bits per heavy atom. The predicted molar refractivity (Wildman–Crippen MR) is 90.9 cm³/mol. The minimum atomic E-state index is -1.01. The minimum absolute atomic E-state index is 0.0785. The van der Waals surface area contributed by atoms with Gasteiger partial charge < -0.3 is 15.7 Å². The van der Waals surface area contributed by atoms with Crippen molar-refractivity contribution in [1.29, 1.82) is 0 Å². The van der Waals surface area contributed by atoms with E-state index >= 15 is 0 Å². The molecule has 1 aliphatic heterocycles. The molecule has 0 spiro atoms. The smallest absolute Gasteiger partial charge is 0.295 e. The van der Waals surface area contributed by atoms with Crippen LogP contribution in [0.5, 0.6) is 0 Å². The molecule has 2 aromatic rings. The molecule has 1 aliphatic rings. The first-order chi connectivity index (χ1) is 12.1. The number of nitrogens with two attached hydrogens (primary N) is 1. The lowest BCUT2D eigenvalue weighted by Gasteiger charge is -2.25. The van der Waals surface area contributed by atoms with Gasteiger partial charge in [-0.2, -0.15) is 0 Å². The number of hydrogen-bond acceptors (Lipinski definition) is 4. The van der Waals surface area contributed by atoms with Crippen LogP contribution in [0.2, 0.25) is 0 Å². The molecule has 0 bridgehead atoms. The average Bonchev–Trinajstić information content (AvgIpc) is 2.87. The van der Waals surface area contributed by atoms with Crippen molar-refractivity contribution in [2.75, 3.05) is 13.1 Å². The highest BCUT2D eigenvalue weighted by atomic mass is 19.1. The molecule has 3 rings (SSSR count). The van der Waals surface area contributed by atoms with Crippen LogP contribution in [0.3, 0.4) is 0 Å². The highest BCUT2D eigenvalue weighted by Crippen LogP contribution is 2.39. The molecule has 25 heavy (non-hydrogen) atoms. The van der Waals surface area contributed by atoms with E-state index in [1.165, 1.54) is 23.1 Å². The van der Waals surface area contributed by atoms with Crippen molar-refractivity contribution in [2.24, 2.45) is 5.73 Å². The fourth-order valence-electron chi connectivity index (χ4n) is 3.02. The fourth-order valence-corrected chi connectivity index (χ4v) is 3.02. The Morgan fingerprint density at radius 2 is 1.72 bits per heavy atom. The first kappa shape index (κ1) is 16.9. The number of carbonyl (C=O) groups is 2. The summed E-state index contributed by atoms with van der Waals surface area (Å²) >= 11 is 0. The number of likely N-dealkylation sites (tertiary alicyclic amines) is 1. The van der Waals surface area contributed by atoms with Gasteiger partial charge in [0.2, 0.25) is 0 Å². The van der Waals surface area contributed by atoms with Gasteiger partial charge in [-0.05, 0) is 6.07 Å². The second-order valence-electron chi connectivity index (χ2n) is 5.67. The number of aliphatic hydroxyl groups is 1. The summed E-state index contributed by atoms with van der Waals surface area (Å²) in [5.74, 6) is -2.53. The van der Waals surface area contributed by atoms with E-state index in [2.05, 4.69) is 0 Å². The Balaban J connectivity index is 2.22. The summed E-state index contributed by atoms with van der Waals surface area (Å²) in [6.07, 6.45) is 0. The van der Waals surface area contributed by atoms with E-state index in [1.807, 2.05) is 0 Å². The zero-order valence-corrected chi connectivity index (χ0v) is 13.4. The number of nitrogens with zero attached hydrogens (tertiary/aromatic N) is 1. The van der Waals surface area contributed by atoms with E-state index in [-0.39, 0.29) is 30.0 Å². The highest BCUT2D eigenvalue weighted by Gasteiger charge is 2.46. The Bertz CT molecular complexity index is 849. The molecule has 5 nitrogen and oxygen atoms in total. The highest BCUT2D eigenvalue weighted by molar-refractivity contribution is 6.46. The number of halogens is 1. The van der Waals surface area contributed by atoms with Gasteiger partial charge >= 0.3 is 0 Å². The van der Waals surface area contributed by atoms with Gasteiger partial charge in [-0.15, -0.1) is 0 Å². The molecule has 3 N–H and O–H groups in total. The first-order valence-electron chi connectivity index (χ1n) is 7.84. The molecule has 0 aliphatic carbocycles. The van der Waals surface area contributed by atoms with Gasteiger partial charge in [-0.3, -0.25) is 9.59 Å². The molecule has 0 radical (unpaired) electrons. The van der Waals surface area contributed by atoms with Crippen LogP contribution in [0, 0.1) is 5.82 Å². The van der Waals surface area contributed by atoms with Gasteiger partial charge in [0.1, 0.15) is 11.6 Å². The monoisotopic (exact) mass is 340 g/mol. The van der Waals surface area contributed by atoms with Crippen molar-refractivity contribution in [3.05, 3.63) is 77.1 Å². The normalized spacial score (nSPS) is 19.4. The molecule has 1 fully saturated rings. The van der Waals surface area contributed by atoms with Crippen molar-refractivity contribution in [2.45, 2.75) is 6.04 Å². The minimum Gasteiger partial charge on any atom is -0.507 e. The third-order valence-corrected chi connectivity index (χ3v) is 4.16. The SMILES string of the molecule is NCCN1C(=O)C(=O)/C(=C(\O)c2ccccc2)C1c1ccccc1F. The van der Waals surface area contributed by atoms with Gasteiger partial charge in [-0.1, -0.05) is 48.5 Å². The largest absolute Gasteiger partial charge is 0.507 e. The van der Waals surface area contributed by atoms with Gasteiger partial charge in [-0.25, -0.2) is 4.39 Å². The van der Waals surface area contributed by atoms with E-state index in [0.29, 0.717) is 5.56 Å². The number of benzene rings is 2. The van der Waals surface area contributed by atoms with Crippen molar-refractivity contribution < 1.29 is 19.1 Å². The molecule has 1 amide bonds. The van der Waals surface area contributed by atoms with E-state index in [0.717, 1.165) is 0 Å². The molecule has 1 saturated heterocycles. The van der Waals surface area contributed by atoms with Crippen LogP contribution >= 0.6 is 0 Å². The standard InChI is InChI=1S/C19H17FN2O3/c20-14-9-5-4-8-13(14)16-15(17(23)12-6-2-1-3-7-12)18(24)19(25)22(16)11-10-21/h1-9,16,23H,10-11,21H2/b17-15-. The molecular formula is C19H17FN2O3. The van der Waals surface area contributed by atoms with Crippen LogP contribution in [-0.4, -0.2) is 34.8 Å². The lowest BCUT2D eigenvalue weighted by Crippen LogP contribution is -2.34. The molecule has 0 saturated carbocycles. The maximum atomic E-state index is 14.4. The van der Waals surface area contributed by atoms with Crippen LogP contribution in [0.25, 0.3) is 5.76 Å². The molecule has 1 atom stereocenters. The molecule has 6 heteroatoms. The lowest BCUT2D eigenvalue weighted by atomic mass is 9.95. The van der Waals surface area contributed by atoms with Crippen molar-refractivity contribution in [1.82, 2.24) is 4.90 Å². The second-order valence-corrected chi connectivity index (χ2v) is 5.67. The van der Waals surface area contributed by atoms with Crippen LogP contribution in [0.1, 0.15) is 17.2 Å². The molecular weight excluding hydrogens is 323 g/mol. The molecule has 128 valence electrons. The summed E-state index contributed by atoms with van der Waals surface area (Å²) in [4.78, 5) is 26.1. The summed E-state index contributed by atoms with van der Waals surface area (Å²) in [6.45, 7) is 0.193. The third kappa shape index (κ3) is 2.92. The Kier molecular flexibility index (Phi) is 4.63. The Hall–Kier alpha value is -2.99. The Morgan fingerprint density at radius 3 is 2.36 bits per heavy atom. The van der Waals surface area contributed by atoms with Gasteiger partial charge in [0.25, 0.3) is 11.7 Å². The topological polar surface area (TPSA) is 83.6 Å². The van der Waals surface area contributed by atoms with E-state index in [9.17, 15) is 19.1 Å². The zero-order valence-electron chi connectivity index (χ0n) is 13.4. The summed E-state index contributed by atoms with van der Waals surface area (Å²) in [5, 5.41) is 10.6. The van der Waals surface area contributed by atoms with Crippen LogP contribution < -0.4 is 5.73 Å². The van der Waals surface area contributed by atoms with Crippen LogP contribution in [0.4, 0.5) is 4.39 Å². The Labute approximate surface area is 144 Å².